The number of hydrogen-bond donors (Lipinski definition) is 1. The van der Waals surface area contributed by atoms with Gasteiger partial charge in [0.05, 0.1) is 31.5 Å². The van der Waals surface area contributed by atoms with E-state index in [0.717, 1.165) is 6.42 Å². The minimum Gasteiger partial charge on any atom is -0.376 e. The van der Waals surface area contributed by atoms with Gasteiger partial charge in [0.2, 0.25) is 0 Å². The summed E-state index contributed by atoms with van der Waals surface area (Å²) in [5.74, 6) is 0. The summed E-state index contributed by atoms with van der Waals surface area (Å²) in [4.78, 5) is 0. The SMILES string of the molecule is CNC1c2ccccc2CC1OCCOC(C)C. The molecule has 18 heavy (non-hydrogen) atoms. The lowest BCUT2D eigenvalue weighted by molar-refractivity contribution is -0.0201. The summed E-state index contributed by atoms with van der Waals surface area (Å²) in [7, 11) is 1.99. The molecule has 1 aliphatic carbocycles. The monoisotopic (exact) mass is 249 g/mol. The van der Waals surface area contributed by atoms with Crippen LogP contribution in [0.15, 0.2) is 24.3 Å². The van der Waals surface area contributed by atoms with Crippen LogP contribution in [-0.2, 0) is 15.9 Å². The maximum absolute atomic E-state index is 5.95. The van der Waals surface area contributed by atoms with Crippen LogP contribution in [0.5, 0.6) is 0 Å². The van der Waals surface area contributed by atoms with Gasteiger partial charge in [-0.3, -0.25) is 0 Å². The van der Waals surface area contributed by atoms with Gasteiger partial charge in [0.15, 0.2) is 0 Å². The van der Waals surface area contributed by atoms with Crippen LogP contribution < -0.4 is 5.32 Å². The molecule has 1 aromatic carbocycles. The lowest BCUT2D eigenvalue weighted by atomic mass is 10.1. The number of likely N-dealkylation sites (N-methyl/N-ethyl adjacent to an activating group) is 1. The van der Waals surface area contributed by atoms with Crippen LogP contribution in [0.1, 0.15) is 31.0 Å². The number of hydrogen-bond acceptors (Lipinski definition) is 3. The van der Waals surface area contributed by atoms with Crippen molar-refractivity contribution in [3.05, 3.63) is 35.4 Å². The molecule has 1 aliphatic rings. The van der Waals surface area contributed by atoms with Crippen molar-refractivity contribution in [2.24, 2.45) is 0 Å². The zero-order valence-corrected chi connectivity index (χ0v) is 11.5. The quantitative estimate of drug-likeness (QED) is 0.785. The van der Waals surface area contributed by atoms with Crippen LogP contribution in [0.3, 0.4) is 0 Å². The van der Waals surface area contributed by atoms with Gasteiger partial charge in [0.1, 0.15) is 0 Å². The molecule has 1 aromatic rings. The minimum atomic E-state index is 0.225. The Balaban J connectivity index is 1.88. The summed E-state index contributed by atoms with van der Waals surface area (Å²) in [6, 6.07) is 8.86. The first-order valence-electron chi connectivity index (χ1n) is 6.70. The molecule has 3 heteroatoms. The van der Waals surface area contributed by atoms with E-state index in [1.165, 1.54) is 11.1 Å². The predicted octanol–water partition coefficient (Wildman–Crippen LogP) is 2.31. The van der Waals surface area contributed by atoms with Crippen molar-refractivity contribution >= 4 is 0 Å². The Kier molecular flexibility index (Phi) is 4.75. The Bertz CT molecular complexity index is 379. The van der Waals surface area contributed by atoms with Gasteiger partial charge in [-0.1, -0.05) is 24.3 Å². The molecule has 1 N–H and O–H groups in total. The maximum Gasteiger partial charge on any atom is 0.0811 e. The number of fused-ring (bicyclic) bond motifs is 1. The molecule has 100 valence electrons. The summed E-state index contributed by atoms with van der Waals surface area (Å²) in [6.45, 7) is 5.42. The second-order valence-electron chi connectivity index (χ2n) is 5.00. The summed E-state index contributed by atoms with van der Waals surface area (Å²) in [5.41, 5.74) is 2.77. The van der Waals surface area contributed by atoms with Crippen molar-refractivity contribution in [3.8, 4) is 0 Å². The average molecular weight is 249 g/mol. The lowest BCUT2D eigenvalue weighted by Crippen LogP contribution is -2.29. The van der Waals surface area contributed by atoms with Crippen LogP contribution in [0.2, 0.25) is 0 Å². The molecule has 0 aromatic heterocycles. The Hall–Kier alpha value is -0.900. The topological polar surface area (TPSA) is 30.5 Å². The van der Waals surface area contributed by atoms with E-state index < -0.39 is 0 Å². The highest BCUT2D eigenvalue weighted by molar-refractivity contribution is 5.36. The van der Waals surface area contributed by atoms with E-state index in [1.807, 2.05) is 20.9 Å². The van der Waals surface area contributed by atoms with Crippen LogP contribution >= 0.6 is 0 Å². The molecule has 2 unspecified atom stereocenters. The zero-order chi connectivity index (χ0) is 13.0. The maximum atomic E-state index is 5.95. The van der Waals surface area contributed by atoms with E-state index in [0.29, 0.717) is 19.3 Å². The third kappa shape index (κ3) is 3.10. The van der Waals surface area contributed by atoms with E-state index in [4.69, 9.17) is 9.47 Å². The molecule has 0 spiro atoms. The van der Waals surface area contributed by atoms with E-state index in [2.05, 4.69) is 29.6 Å². The molecular formula is C15H23NO2. The Morgan fingerprint density at radius 2 is 2.06 bits per heavy atom. The van der Waals surface area contributed by atoms with E-state index in [1.54, 1.807) is 0 Å². The van der Waals surface area contributed by atoms with E-state index in [-0.39, 0.29) is 12.2 Å². The Labute approximate surface area is 109 Å². The molecule has 0 saturated heterocycles. The highest BCUT2D eigenvalue weighted by Gasteiger charge is 2.31. The lowest BCUT2D eigenvalue weighted by Gasteiger charge is -2.20. The smallest absolute Gasteiger partial charge is 0.0811 e. The summed E-state index contributed by atoms with van der Waals surface area (Å²) in [6.07, 6.45) is 1.49. The van der Waals surface area contributed by atoms with Crippen LogP contribution in [0, 0.1) is 0 Å². The molecule has 2 rings (SSSR count). The van der Waals surface area contributed by atoms with Crippen molar-refractivity contribution in [2.45, 2.75) is 38.5 Å². The molecule has 0 aliphatic heterocycles. The van der Waals surface area contributed by atoms with Crippen LogP contribution in [-0.4, -0.2) is 32.5 Å². The second kappa shape index (κ2) is 6.32. The summed E-state index contributed by atoms with van der Waals surface area (Å²) in [5, 5.41) is 3.35. The highest BCUT2D eigenvalue weighted by atomic mass is 16.5. The van der Waals surface area contributed by atoms with E-state index >= 15 is 0 Å². The fourth-order valence-electron chi connectivity index (χ4n) is 2.54. The third-order valence-electron chi connectivity index (χ3n) is 3.36. The molecule has 0 fully saturated rings. The van der Waals surface area contributed by atoms with Gasteiger partial charge in [-0.05, 0) is 32.0 Å². The summed E-state index contributed by atoms with van der Waals surface area (Å²) >= 11 is 0. The van der Waals surface area contributed by atoms with E-state index in [9.17, 15) is 0 Å². The van der Waals surface area contributed by atoms with Crippen molar-refractivity contribution in [2.75, 3.05) is 20.3 Å². The van der Waals surface area contributed by atoms with Gasteiger partial charge >= 0.3 is 0 Å². The summed E-state index contributed by atoms with van der Waals surface area (Å²) < 4.78 is 11.5. The predicted molar refractivity (Wildman–Crippen MR) is 72.8 cm³/mol. The molecule has 2 atom stereocenters. The first-order valence-corrected chi connectivity index (χ1v) is 6.70. The minimum absolute atomic E-state index is 0.225. The molecule has 0 bridgehead atoms. The number of nitrogens with one attached hydrogen (secondary N) is 1. The Morgan fingerprint density at radius 3 is 2.78 bits per heavy atom. The molecule has 3 nitrogen and oxygen atoms in total. The molecule has 0 amide bonds. The first-order chi connectivity index (χ1) is 8.72. The van der Waals surface area contributed by atoms with Crippen molar-refractivity contribution in [1.82, 2.24) is 5.32 Å². The normalized spacial score (nSPS) is 22.4. The van der Waals surface area contributed by atoms with Crippen molar-refractivity contribution in [3.63, 3.8) is 0 Å². The van der Waals surface area contributed by atoms with Gasteiger partial charge in [0.25, 0.3) is 0 Å². The number of benzene rings is 1. The second-order valence-corrected chi connectivity index (χ2v) is 5.00. The molecule has 0 radical (unpaired) electrons. The molecule has 0 heterocycles. The molecule has 0 saturated carbocycles. The van der Waals surface area contributed by atoms with Gasteiger partial charge in [-0.15, -0.1) is 0 Å². The molecular weight excluding hydrogens is 226 g/mol. The van der Waals surface area contributed by atoms with Gasteiger partial charge in [0, 0.05) is 6.42 Å². The number of rotatable bonds is 6. The van der Waals surface area contributed by atoms with Crippen LogP contribution in [0.4, 0.5) is 0 Å². The van der Waals surface area contributed by atoms with Gasteiger partial charge < -0.3 is 14.8 Å². The highest BCUT2D eigenvalue weighted by Crippen LogP contribution is 2.32. The Morgan fingerprint density at radius 1 is 1.28 bits per heavy atom. The first kappa shape index (κ1) is 13.5. The largest absolute Gasteiger partial charge is 0.376 e. The standard InChI is InChI=1S/C15H23NO2/c1-11(2)17-8-9-18-14-10-12-6-4-5-7-13(12)15(14)16-3/h4-7,11,14-16H,8-10H2,1-3H3. The van der Waals surface area contributed by atoms with Gasteiger partial charge in [-0.25, -0.2) is 0 Å². The average Bonchev–Trinajstić information content (AvgIpc) is 2.71. The van der Waals surface area contributed by atoms with Gasteiger partial charge in [-0.2, -0.15) is 0 Å². The van der Waals surface area contributed by atoms with Crippen LogP contribution in [0.25, 0.3) is 0 Å². The third-order valence-corrected chi connectivity index (χ3v) is 3.36. The fraction of sp³-hybridized carbons (Fsp3) is 0.600. The zero-order valence-electron chi connectivity index (χ0n) is 11.5. The van der Waals surface area contributed by atoms with Crippen molar-refractivity contribution < 1.29 is 9.47 Å². The van der Waals surface area contributed by atoms with Crippen molar-refractivity contribution in [1.29, 1.82) is 0 Å². The number of ether oxygens (including phenoxy) is 2. The fourth-order valence-corrected chi connectivity index (χ4v) is 2.54.